The van der Waals surface area contributed by atoms with Crippen molar-refractivity contribution >= 4 is 17.6 Å². The summed E-state index contributed by atoms with van der Waals surface area (Å²) in [5.41, 5.74) is 0.774. The summed E-state index contributed by atoms with van der Waals surface area (Å²) in [5.74, 6) is -0.856. The van der Waals surface area contributed by atoms with E-state index in [9.17, 15) is 9.59 Å². The Labute approximate surface area is 112 Å². The summed E-state index contributed by atoms with van der Waals surface area (Å²) in [7, 11) is 0. The molecule has 0 saturated heterocycles. The fourth-order valence-corrected chi connectivity index (χ4v) is 1.44. The Morgan fingerprint density at radius 2 is 2.11 bits per heavy atom. The van der Waals surface area contributed by atoms with Crippen LogP contribution in [0.25, 0.3) is 0 Å². The minimum absolute atomic E-state index is 0.284. The molecule has 5 heteroatoms. The molecule has 0 aliphatic rings. The van der Waals surface area contributed by atoms with Crippen molar-refractivity contribution in [3.05, 3.63) is 29.8 Å². The highest BCUT2D eigenvalue weighted by atomic mass is 16.5. The lowest BCUT2D eigenvalue weighted by atomic mass is 10.2. The lowest BCUT2D eigenvalue weighted by Gasteiger charge is -2.13. The van der Waals surface area contributed by atoms with Crippen LogP contribution >= 0.6 is 0 Å². The third-order valence-corrected chi connectivity index (χ3v) is 2.44. The molecule has 1 amide bonds. The lowest BCUT2D eigenvalue weighted by molar-refractivity contribution is -0.153. The maximum absolute atomic E-state index is 11.8. The van der Waals surface area contributed by atoms with Gasteiger partial charge >= 0.3 is 5.97 Å². The molecule has 0 aliphatic carbocycles. The summed E-state index contributed by atoms with van der Waals surface area (Å²) in [6, 6.07) is 8.62. The predicted octanol–water partition coefficient (Wildman–Crippen LogP) is 2.23. The van der Waals surface area contributed by atoms with E-state index in [0.717, 1.165) is 0 Å². The van der Waals surface area contributed by atoms with Gasteiger partial charge in [-0.15, -0.1) is 0 Å². The number of amides is 1. The Balaban J connectivity index is 2.64. The average molecular weight is 260 g/mol. The van der Waals surface area contributed by atoms with Crippen molar-refractivity contribution in [3.63, 3.8) is 0 Å². The van der Waals surface area contributed by atoms with E-state index in [2.05, 4.69) is 5.32 Å². The summed E-state index contributed by atoms with van der Waals surface area (Å²) in [5, 5.41) is 11.5. The molecule has 1 aromatic carbocycles. The highest BCUT2D eigenvalue weighted by Gasteiger charge is 2.18. The molecule has 1 atom stereocenters. The van der Waals surface area contributed by atoms with Gasteiger partial charge < -0.3 is 10.1 Å². The molecule has 0 radical (unpaired) electrons. The number of ether oxygens (including phenoxy) is 1. The minimum atomic E-state index is -0.884. The van der Waals surface area contributed by atoms with Crippen LogP contribution in [0.4, 0.5) is 5.69 Å². The van der Waals surface area contributed by atoms with E-state index in [4.69, 9.17) is 10.00 Å². The van der Waals surface area contributed by atoms with Gasteiger partial charge in [0.15, 0.2) is 6.10 Å². The number of benzene rings is 1. The Kier molecular flexibility index (Phi) is 5.55. The van der Waals surface area contributed by atoms with Gasteiger partial charge in [-0.3, -0.25) is 9.59 Å². The molecule has 0 heterocycles. The standard InChI is InChI=1S/C14H16N2O3/c1-3-6-13(17)19-10(2)14(18)16-12-8-5-4-7-11(12)9-15/h4-5,7-8,10H,3,6H2,1-2H3,(H,16,18)/t10-/m0/s1. The normalized spacial score (nSPS) is 11.2. The number of carbonyl (C=O) groups is 2. The van der Waals surface area contributed by atoms with Gasteiger partial charge in [0.2, 0.25) is 0 Å². The molecule has 0 saturated carbocycles. The second-order valence-corrected chi connectivity index (χ2v) is 4.03. The molecule has 1 N–H and O–H groups in total. The monoisotopic (exact) mass is 260 g/mol. The number of nitriles is 1. The second kappa shape index (κ2) is 7.17. The van der Waals surface area contributed by atoms with E-state index in [1.165, 1.54) is 6.92 Å². The van der Waals surface area contributed by atoms with Gasteiger partial charge in [-0.25, -0.2) is 0 Å². The maximum Gasteiger partial charge on any atom is 0.306 e. The lowest BCUT2D eigenvalue weighted by Crippen LogP contribution is -2.30. The highest BCUT2D eigenvalue weighted by Crippen LogP contribution is 2.14. The second-order valence-electron chi connectivity index (χ2n) is 4.03. The van der Waals surface area contributed by atoms with Crippen LogP contribution in [0.5, 0.6) is 0 Å². The van der Waals surface area contributed by atoms with E-state index < -0.39 is 18.0 Å². The Morgan fingerprint density at radius 3 is 2.74 bits per heavy atom. The van der Waals surface area contributed by atoms with Gasteiger partial charge in [-0.05, 0) is 25.5 Å². The number of hydrogen-bond acceptors (Lipinski definition) is 4. The van der Waals surface area contributed by atoms with Crippen molar-refractivity contribution in [2.75, 3.05) is 5.32 Å². The van der Waals surface area contributed by atoms with Crippen molar-refractivity contribution in [1.82, 2.24) is 0 Å². The number of rotatable bonds is 5. The number of anilines is 1. The zero-order valence-corrected chi connectivity index (χ0v) is 11.0. The van der Waals surface area contributed by atoms with Crippen molar-refractivity contribution in [3.8, 4) is 6.07 Å². The molecule has 1 rings (SSSR count). The van der Waals surface area contributed by atoms with E-state index in [0.29, 0.717) is 17.7 Å². The van der Waals surface area contributed by atoms with Gasteiger partial charge in [0, 0.05) is 6.42 Å². The van der Waals surface area contributed by atoms with Crippen LogP contribution in [-0.4, -0.2) is 18.0 Å². The summed E-state index contributed by atoms with van der Waals surface area (Å²) < 4.78 is 4.96. The van der Waals surface area contributed by atoms with E-state index in [1.807, 2.05) is 13.0 Å². The molecule has 1 aromatic rings. The molecular formula is C14H16N2O3. The molecule has 0 aliphatic heterocycles. The molecule has 0 aromatic heterocycles. The van der Waals surface area contributed by atoms with Crippen LogP contribution in [-0.2, 0) is 14.3 Å². The first kappa shape index (κ1) is 14.7. The number of nitrogens with one attached hydrogen (secondary N) is 1. The number of nitrogens with zero attached hydrogens (tertiary/aromatic N) is 1. The van der Waals surface area contributed by atoms with Crippen LogP contribution < -0.4 is 5.32 Å². The molecule has 19 heavy (non-hydrogen) atoms. The summed E-state index contributed by atoms with van der Waals surface area (Å²) in [6.45, 7) is 3.35. The minimum Gasteiger partial charge on any atom is -0.453 e. The van der Waals surface area contributed by atoms with Crippen molar-refractivity contribution in [2.45, 2.75) is 32.8 Å². The smallest absolute Gasteiger partial charge is 0.306 e. The van der Waals surface area contributed by atoms with Gasteiger partial charge in [0.05, 0.1) is 11.3 Å². The van der Waals surface area contributed by atoms with Crippen LogP contribution in [0.15, 0.2) is 24.3 Å². The quantitative estimate of drug-likeness (QED) is 0.823. The van der Waals surface area contributed by atoms with Gasteiger partial charge in [0.25, 0.3) is 5.91 Å². The first-order valence-electron chi connectivity index (χ1n) is 6.08. The number of esters is 1. The van der Waals surface area contributed by atoms with Crippen molar-refractivity contribution in [2.24, 2.45) is 0 Å². The van der Waals surface area contributed by atoms with Gasteiger partial charge in [0.1, 0.15) is 6.07 Å². The molecule has 5 nitrogen and oxygen atoms in total. The highest BCUT2D eigenvalue weighted by molar-refractivity contribution is 5.96. The molecule has 0 unspecified atom stereocenters. The Morgan fingerprint density at radius 1 is 1.42 bits per heavy atom. The van der Waals surface area contributed by atoms with Gasteiger partial charge in [-0.2, -0.15) is 5.26 Å². The summed E-state index contributed by atoms with van der Waals surface area (Å²) >= 11 is 0. The third-order valence-electron chi connectivity index (χ3n) is 2.44. The van der Waals surface area contributed by atoms with Crippen LogP contribution in [0.3, 0.4) is 0 Å². The topological polar surface area (TPSA) is 79.2 Å². The number of hydrogen-bond donors (Lipinski definition) is 1. The first-order chi connectivity index (χ1) is 9.08. The van der Waals surface area contributed by atoms with Crippen LogP contribution in [0, 0.1) is 11.3 Å². The molecular weight excluding hydrogens is 244 g/mol. The van der Waals surface area contributed by atoms with E-state index >= 15 is 0 Å². The largest absolute Gasteiger partial charge is 0.453 e. The third kappa shape index (κ3) is 4.43. The van der Waals surface area contributed by atoms with Gasteiger partial charge in [-0.1, -0.05) is 19.1 Å². The molecule has 100 valence electrons. The fourth-order valence-electron chi connectivity index (χ4n) is 1.44. The average Bonchev–Trinajstić information content (AvgIpc) is 2.39. The molecule has 0 spiro atoms. The van der Waals surface area contributed by atoms with Crippen LogP contribution in [0.1, 0.15) is 32.3 Å². The summed E-state index contributed by atoms with van der Waals surface area (Å²) in [4.78, 5) is 23.1. The van der Waals surface area contributed by atoms with Crippen molar-refractivity contribution < 1.29 is 14.3 Å². The maximum atomic E-state index is 11.8. The van der Waals surface area contributed by atoms with E-state index in [-0.39, 0.29) is 6.42 Å². The zero-order chi connectivity index (χ0) is 14.3. The SMILES string of the molecule is CCCC(=O)O[C@@H](C)C(=O)Nc1ccccc1C#N. The molecule has 0 bridgehead atoms. The Bertz CT molecular complexity index is 506. The first-order valence-corrected chi connectivity index (χ1v) is 6.08. The fraction of sp³-hybridized carbons (Fsp3) is 0.357. The predicted molar refractivity (Wildman–Crippen MR) is 70.2 cm³/mol. The molecule has 0 fully saturated rings. The Hall–Kier alpha value is -2.35. The summed E-state index contributed by atoms with van der Waals surface area (Å²) in [6.07, 6.45) is 0.0717. The van der Waals surface area contributed by atoms with Crippen molar-refractivity contribution in [1.29, 1.82) is 5.26 Å². The zero-order valence-electron chi connectivity index (χ0n) is 11.0. The van der Waals surface area contributed by atoms with Crippen LogP contribution in [0.2, 0.25) is 0 Å². The van der Waals surface area contributed by atoms with E-state index in [1.54, 1.807) is 24.3 Å². The number of carbonyl (C=O) groups excluding carboxylic acids is 2. The number of para-hydroxylation sites is 1.